The summed E-state index contributed by atoms with van der Waals surface area (Å²) in [6.45, 7) is 9.35. The molecule has 0 spiro atoms. The monoisotopic (exact) mass is 1440 g/mol. The summed E-state index contributed by atoms with van der Waals surface area (Å²) in [6.07, 6.45) is 6.26. The maximum absolute atomic E-state index is 15.1. The molecular weight excluding hydrogens is 1330 g/mol. The van der Waals surface area contributed by atoms with Crippen LogP contribution in [0.2, 0.25) is 5.02 Å². The van der Waals surface area contributed by atoms with Crippen molar-refractivity contribution in [2.24, 2.45) is 23.7 Å². The second-order valence-electron chi connectivity index (χ2n) is 29.5. The van der Waals surface area contributed by atoms with E-state index in [1.165, 1.54) is 87.6 Å². The molecule has 6 aliphatic rings. The molecule has 0 aromatic heterocycles. The predicted octanol–water partition coefficient (Wildman–Crippen LogP) is 6.07. The van der Waals surface area contributed by atoms with Crippen LogP contribution in [0.5, 0.6) is 0 Å². The lowest BCUT2D eigenvalue weighted by atomic mass is 9.77. The first-order valence-electron chi connectivity index (χ1n) is 37.0. The van der Waals surface area contributed by atoms with Gasteiger partial charge >= 0.3 is 6.18 Å². The van der Waals surface area contributed by atoms with E-state index in [4.69, 9.17) is 11.6 Å². The molecule has 101 heavy (non-hydrogen) atoms. The Bertz CT molecular complexity index is 3130. The zero-order valence-electron chi connectivity index (χ0n) is 61.4. The Hall–Kier alpha value is -6.90. The van der Waals surface area contributed by atoms with Crippen LogP contribution in [0.25, 0.3) is 0 Å². The smallest absolute Gasteiger partial charge is 0.354 e. The molecule has 3 N–H and O–H groups in total. The molecule has 4 heterocycles. The van der Waals surface area contributed by atoms with Crippen LogP contribution in [-0.4, -0.2) is 257 Å². The Morgan fingerprint density at radius 3 is 1.89 bits per heavy atom. The highest BCUT2D eigenvalue weighted by atomic mass is 35.5. The van der Waals surface area contributed by atoms with Gasteiger partial charge in [-0.2, -0.15) is 13.2 Å². The van der Waals surface area contributed by atoms with Crippen molar-refractivity contribution in [2.45, 2.75) is 243 Å². The second-order valence-corrected chi connectivity index (χ2v) is 29.9. The number of amides is 11. The van der Waals surface area contributed by atoms with Gasteiger partial charge in [0.25, 0.3) is 0 Å². The summed E-state index contributed by atoms with van der Waals surface area (Å²) in [7, 11) is 8.92. The summed E-state index contributed by atoms with van der Waals surface area (Å²) in [4.78, 5) is 188. The molecule has 1 aromatic carbocycles. The van der Waals surface area contributed by atoms with Crippen molar-refractivity contribution in [1.82, 2.24) is 60.0 Å². The summed E-state index contributed by atoms with van der Waals surface area (Å²) in [5, 5.41) is 8.31. The SMILES string of the molecule is CC[C@H](C)[C@@H]1NCC(=O)[C@H](C2CCC2)N(C)C(=O)C[C@@H](C(=O)N2CCCCC2)N(C)C(=O)[C@H]([C@@H](C)CC)N(C)C(=O)CCCCNC(=O)[C@@H]2CCCN2C(=O)[C@H](CCc2ccc(C(F)(F)F)c(Cl)c2)NC(=O)CN(C)C(=O)[C@H](CC2CCCCC2)N(C)C(=O)[C@@H]2CCN2C(=O)[C@H](C)N(C)C1=O. The lowest BCUT2D eigenvalue weighted by Gasteiger charge is -2.45. The minimum absolute atomic E-state index is 0.0293. The molecule has 4 saturated heterocycles. The third-order valence-corrected chi connectivity index (χ3v) is 23.1. The van der Waals surface area contributed by atoms with Gasteiger partial charge in [0.1, 0.15) is 42.3 Å². The van der Waals surface area contributed by atoms with Gasteiger partial charge in [-0.05, 0) is 132 Å². The highest BCUT2D eigenvalue weighted by Crippen LogP contribution is 2.37. The molecular formula is C73H112ClF3N12O12. The third-order valence-electron chi connectivity index (χ3n) is 22.8. The molecule has 7 rings (SSSR count). The van der Waals surface area contributed by atoms with Gasteiger partial charge in [-0.3, -0.25) is 62.9 Å². The van der Waals surface area contributed by atoms with E-state index in [2.05, 4.69) is 16.0 Å². The summed E-state index contributed by atoms with van der Waals surface area (Å²) < 4.78 is 41.3. The Morgan fingerprint density at radius 1 is 0.634 bits per heavy atom. The first kappa shape index (κ1) is 81.4. The Balaban J connectivity index is 1.19. The van der Waals surface area contributed by atoms with Crippen molar-refractivity contribution in [2.75, 3.05) is 88.1 Å². The van der Waals surface area contributed by atoms with Crippen LogP contribution in [0, 0.1) is 23.7 Å². The molecule has 0 unspecified atom stereocenters. The number of hydrogen-bond acceptors (Lipinski definition) is 13. The maximum atomic E-state index is 15.1. The average molecular weight is 1440 g/mol. The van der Waals surface area contributed by atoms with Crippen LogP contribution in [0.1, 0.15) is 187 Å². The van der Waals surface area contributed by atoms with Crippen molar-refractivity contribution in [3.05, 3.63) is 34.3 Å². The summed E-state index contributed by atoms with van der Waals surface area (Å²) >= 11 is 6.12. The first-order chi connectivity index (χ1) is 47.8. The lowest BCUT2D eigenvalue weighted by molar-refractivity contribution is -0.160. The standard InChI is InChI=1S/C73H112ClF3N12O12/c1-12-45(3)62-71(100)82(7)47(5)66(95)89-39-34-55(89)69(98)83(8)56(41-48-24-16-14-17-25-48)68(97)81(6)44-59(91)80-53(33-31-49-30-32-51(52(74)40-49)73(75,76)77)67(96)88-38-23-28-54(88)65(94)78-35-19-18-29-60(92)85(10)63(46(4)13-2)72(101)84(9)57(70(99)87-36-20-15-21-37-87)42-61(93)86(11)64(50-26-22-27-50)58(90)43-79-62/h30,32,40,45-48,50,53-57,62-64,79H,12-29,31,33-39,41-44H2,1-11H3,(H,78,94)(H,80,91)/t45-,46-,47-,53-,54-,55-,56-,57-,62-,63-,64-/m0/s1. The van der Waals surface area contributed by atoms with Gasteiger partial charge < -0.3 is 54.7 Å². The highest BCUT2D eigenvalue weighted by molar-refractivity contribution is 6.31. The number of ketones is 1. The molecule has 11 atom stereocenters. The summed E-state index contributed by atoms with van der Waals surface area (Å²) in [5.74, 6) is -7.21. The number of carbonyl (C=O) groups is 12. The highest BCUT2D eigenvalue weighted by Gasteiger charge is 2.48. The third kappa shape index (κ3) is 20.3. The number of halogens is 4. The normalized spacial score (nSPS) is 28.1. The zero-order valence-corrected chi connectivity index (χ0v) is 62.1. The second kappa shape index (κ2) is 37.0. The number of benzene rings is 1. The number of rotatable bonds is 11. The van der Waals surface area contributed by atoms with Crippen LogP contribution in [0.4, 0.5) is 13.2 Å². The number of carbonyl (C=O) groups excluding carboxylic acids is 12. The fourth-order valence-corrected chi connectivity index (χ4v) is 15.6. The van der Waals surface area contributed by atoms with Gasteiger partial charge in [0, 0.05) is 81.4 Å². The first-order valence-corrected chi connectivity index (χ1v) is 37.4. The number of likely N-dealkylation sites (tertiary alicyclic amines) is 1. The number of piperidine rings is 1. The molecule has 24 nitrogen and oxygen atoms in total. The summed E-state index contributed by atoms with van der Waals surface area (Å²) in [5.41, 5.74) is -0.723. The molecule has 11 amide bonds. The number of aryl methyl sites for hydroxylation is 1. The number of nitrogens with one attached hydrogen (secondary N) is 3. The van der Waals surface area contributed by atoms with E-state index >= 15 is 4.79 Å². The molecule has 4 aliphatic heterocycles. The Morgan fingerprint density at radius 2 is 1.29 bits per heavy atom. The van der Waals surface area contributed by atoms with E-state index in [0.717, 1.165) is 69.9 Å². The van der Waals surface area contributed by atoms with Crippen molar-refractivity contribution in [1.29, 1.82) is 0 Å². The van der Waals surface area contributed by atoms with Gasteiger partial charge in [0.15, 0.2) is 5.78 Å². The Kier molecular flexibility index (Phi) is 29.8. The molecule has 2 saturated carbocycles. The van der Waals surface area contributed by atoms with Gasteiger partial charge in [-0.1, -0.05) is 96.7 Å². The molecule has 0 bridgehead atoms. The fourth-order valence-electron chi connectivity index (χ4n) is 15.3. The quantitative estimate of drug-likeness (QED) is 0.227. The van der Waals surface area contributed by atoms with E-state index in [0.29, 0.717) is 57.2 Å². The van der Waals surface area contributed by atoms with Gasteiger partial charge in [-0.15, -0.1) is 0 Å². The van der Waals surface area contributed by atoms with Crippen LogP contribution in [0.3, 0.4) is 0 Å². The van der Waals surface area contributed by atoms with Crippen molar-refractivity contribution in [3.63, 3.8) is 0 Å². The van der Waals surface area contributed by atoms with E-state index in [-0.39, 0.29) is 101 Å². The van der Waals surface area contributed by atoms with E-state index < -0.39 is 149 Å². The largest absolute Gasteiger partial charge is 0.417 e. The zero-order chi connectivity index (χ0) is 74.3. The van der Waals surface area contributed by atoms with E-state index in [1.807, 2.05) is 27.7 Å². The minimum Gasteiger partial charge on any atom is -0.354 e. The topological polar surface area (TPSA) is 270 Å². The van der Waals surface area contributed by atoms with Crippen molar-refractivity contribution >= 4 is 82.4 Å². The number of likely N-dealkylation sites (N-methyl/N-ethyl adjacent to an activating group) is 6. The number of alkyl halides is 3. The molecule has 1 aromatic rings. The van der Waals surface area contributed by atoms with Gasteiger partial charge in [-0.25, -0.2) is 0 Å². The Labute approximate surface area is 599 Å². The number of Topliss-reactive ketones (excluding diaryl/α,β-unsaturated/α-hetero) is 1. The molecule has 6 fully saturated rings. The molecule has 564 valence electrons. The van der Waals surface area contributed by atoms with Crippen LogP contribution >= 0.6 is 11.6 Å². The summed E-state index contributed by atoms with van der Waals surface area (Å²) in [6, 6.07) is -6.60. The molecule has 28 heteroatoms. The predicted molar refractivity (Wildman–Crippen MR) is 374 cm³/mol. The van der Waals surface area contributed by atoms with Crippen LogP contribution in [-0.2, 0) is 70.1 Å². The average Bonchev–Trinajstić information content (AvgIpc) is 1.26. The number of nitrogens with zero attached hydrogens (tertiary/aromatic N) is 9. The van der Waals surface area contributed by atoms with Crippen molar-refractivity contribution < 1.29 is 70.7 Å². The maximum Gasteiger partial charge on any atom is 0.417 e. The van der Waals surface area contributed by atoms with E-state index in [1.54, 1.807) is 11.8 Å². The van der Waals surface area contributed by atoms with Crippen LogP contribution < -0.4 is 16.0 Å². The molecule has 2 aliphatic carbocycles. The van der Waals surface area contributed by atoms with Crippen molar-refractivity contribution in [3.8, 4) is 0 Å². The minimum atomic E-state index is -4.74. The fraction of sp³-hybridized carbons (Fsp3) is 0.753. The molecule has 0 radical (unpaired) electrons. The van der Waals surface area contributed by atoms with E-state index in [9.17, 15) is 65.9 Å². The number of hydrogen-bond donors (Lipinski definition) is 3. The van der Waals surface area contributed by atoms with Gasteiger partial charge in [0.2, 0.25) is 65.0 Å². The van der Waals surface area contributed by atoms with Crippen LogP contribution in [0.15, 0.2) is 18.2 Å². The number of fused-ring (bicyclic) bond motifs is 2. The van der Waals surface area contributed by atoms with Gasteiger partial charge in [0.05, 0.1) is 42.2 Å². The lowest BCUT2D eigenvalue weighted by Crippen LogP contribution is -2.64.